The average Bonchev–Trinajstić information content (AvgIpc) is 3.16. The van der Waals surface area contributed by atoms with Crippen LogP contribution in [0.3, 0.4) is 0 Å². The fraction of sp³-hybridized carbons (Fsp3) is 0.704. The van der Waals surface area contributed by atoms with E-state index in [1.807, 2.05) is 12.1 Å². The number of methoxy groups -OCH3 is 1. The molecule has 7 atom stereocenters. The zero-order valence-electron chi connectivity index (χ0n) is 44.0. The third-order valence-corrected chi connectivity index (χ3v) is 28.1. The van der Waals surface area contributed by atoms with Crippen LogP contribution in [0.4, 0.5) is 0 Å². The van der Waals surface area contributed by atoms with Crippen LogP contribution >= 0.6 is 0 Å². The first-order valence-electron chi connectivity index (χ1n) is 24.4. The second-order valence-electron chi connectivity index (χ2n) is 23.5. The lowest BCUT2D eigenvalue weighted by Gasteiger charge is -2.40. The first-order valence-corrected chi connectivity index (χ1v) is 33.1. The van der Waals surface area contributed by atoms with Gasteiger partial charge in [0.25, 0.3) is 0 Å². The van der Waals surface area contributed by atoms with Gasteiger partial charge in [0, 0.05) is 6.61 Å². The molecule has 0 bridgehead atoms. The predicted molar refractivity (Wildman–Crippen MR) is 279 cm³/mol. The standard InChI is InChI=1S/C54H94O7Si3/c1-41-32-34-56-47(37-41)30-31-51(61-64(18,19)54(10,11)12)50(57-40-44-26-28-45(55-13)29-27-44)25-21-24-49(60-63(16,17)53(7,8)9)39-43(3)36-42(2)38-48-23-20-22-46(59-48)33-35-58-62(14,15)52(4,5)6/h20-22,24,26-32,42,46-51H,3,23,25,33-40H2,1-2,4-19H3/t42-,46-,47+,48-,49?,50-,51?/m0/s1. The highest BCUT2D eigenvalue weighted by atomic mass is 28.4. The molecule has 0 spiro atoms. The van der Waals surface area contributed by atoms with Gasteiger partial charge in [0.15, 0.2) is 25.0 Å². The Balaban J connectivity index is 1.82. The van der Waals surface area contributed by atoms with Crippen molar-refractivity contribution in [1.82, 2.24) is 0 Å². The fourth-order valence-electron chi connectivity index (χ4n) is 7.26. The van der Waals surface area contributed by atoms with Gasteiger partial charge in [-0.15, -0.1) is 0 Å². The molecule has 0 aromatic heterocycles. The molecule has 64 heavy (non-hydrogen) atoms. The number of benzene rings is 1. The molecule has 0 radical (unpaired) electrons. The van der Waals surface area contributed by atoms with E-state index in [9.17, 15) is 0 Å². The summed E-state index contributed by atoms with van der Waals surface area (Å²) in [5.41, 5.74) is 3.66. The topological polar surface area (TPSA) is 64.6 Å². The Bertz CT molecular complexity index is 1690. The molecule has 10 heteroatoms. The molecule has 1 aromatic carbocycles. The molecule has 0 aliphatic carbocycles. The maximum atomic E-state index is 7.26. The molecular weight excluding hydrogens is 845 g/mol. The van der Waals surface area contributed by atoms with Crippen molar-refractivity contribution in [3.63, 3.8) is 0 Å². The summed E-state index contributed by atoms with van der Waals surface area (Å²) in [6, 6.07) is 8.14. The third-order valence-electron chi connectivity index (χ3n) is 14.6. The minimum absolute atomic E-state index is 0.0126. The number of hydrogen-bond donors (Lipinski definition) is 0. The van der Waals surface area contributed by atoms with Crippen LogP contribution in [-0.2, 0) is 34.1 Å². The Morgan fingerprint density at radius 1 is 0.859 bits per heavy atom. The van der Waals surface area contributed by atoms with Gasteiger partial charge in [0.1, 0.15) is 5.75 Å². The summed E-state index contributed by atoms with van der Waals surface area (Å²) < 4.78 is 46.1. The maximum Gasteiger partial charge on any atom is 0.193 e. The van der Waals surface area contributed by atoms with Crippen molar-refractivity contribution < 1.29 is 32.2 Å². The highest BCUT2D eigenvalue weighted by Crippen LogP contribution is 2.41. The zero-order valence-corrected chi connectivity index (χ0v) is 47.0. The summed E-state index contributed by atoms with van der Waals surface area (Å²) in [4.78, 5) is 0. The lowest BCUT2D eigenvalue weighted by molar-refractivity contribution is -0.0204. The van der Waals surface area contributed by atoms with E-state index >= 15 is 0 Å². The van der Waals surface area contributed by atoms with E-state index in [1.165, 1.54) is 11.1 Å². The predicted octanol–water partition coefficient (Wildman–Crippen LogP) is 15.1. The van der Waals surface area contributed by atoms with Gasteiger partial charge in [-0.1, -0.05) is 142 Å². The van der Waals surface area contributed by atoms with Crippen LogP contribution in [0.1, 0.15) is 127 Å². The zero-order chi connectivity index (χ0) is 48.1. The van der Waals surface area contributed by atoms with Crippen LogP contribution in [0, 0.1) is 5.92 Å². The lowest BCUT2D eigenvalue weighted by Crippen LogP contribution is -2.47. The molecule has 0 amide bonds. The van der Waals surface area contributed by atoms with E-state index in [4.69, 9.17) is 32.2 Å². The van der Waals surface area contributed by atoms with Gasteiger partial charge in [-0.05, 0) is 130 Å². The van der Waals surface area contributed by atoms with Crippen LogP contribution < -0.4 is 4.74 Å². The Labute approximate surface area is 396 Å². The first kappa shape index (κ1) is 56.5. The minimum Gasteiger partial charge on any atom is -0.497 e. The Hall–Kier alpha value is -1.87. The molecule has 0 saturated heterocycles. The molecule has 7 nitrogen and oxygen atoms in total. The lowest BCUT2D eigenvalue weighted by atomic mass is 9.91. The largest absolute Gasteiger partial charge is 0.497 e. The van der Waals surface area contributed by atoms with Crippen molar-refractivity contribution in [2.45, 2.75) is 219 Å². The summed E-state index contributed by atoms with van der Waals surface area (Å²) in [6.45, 7) is 45.7. The molecule has 2 aliphatic rings. The van der Waals surface area contributed by atoms with Crippen LogP contribution in [0.15, 0.2) is 84.5 Å². The molecule has 2 heterocycles. The molecule has 2 unspecified atom stereocenters. The quantitative estimate of drug-likeness (QED) is 0.0756. The summed E-state index contributed by atoms with van der Waals surface area (Å²) in [5.74, 6) is 1.27. The van der Waals surface area contributed by atoms with Gasteiger partial charge < -0.3 is 32.2 Å². The van der Waals surface area contributed by atoms with Crippen LogP contribution in [0.25, 0.3) is 0 Å². The van der Waals surface area contributed by atoms with E-state index < -0.39 is 25.0 Å². The minimum atomic E-state index is -2.21. The van der Waals surface area contributed by atoms with Crippen molar-refractivity contribution in [2.75, 3.05) is 20.3 Å². The van der Waals surface area contributed by atoms with Crippen molar-refractivity contribution in [2.24, 2.45) is 5.92 Å². The van der Waals surface area contributed by atoms with Crippen LogP contribution in [0.2, 0.25) is 54.4 Å². The molecular formula is C54H94O7Si3. The van der Waals surface area contributed by atoms with Crippen molar-refractivity contribution in [3.8, 4) is 5.75 Å². The summed E-state index contributed by atoms with van der Waals surface area (Å²) in [7, 11) is -4.43. The van der Waals surface area contributed by atoms with Crippen LogP contribution in [0.5, 0.6) is 5.75 Å². The van der Waals surface area contributed by atoms with Crippen LogP contribution in [-0.4, -0.2) is 81.9 Å². The third kappa shape index (κ3) is 18.7. The van der Waals surface area contributed by atoms with Gasteiger partial charge in [0.2, 0.25) is 0 Å². The number of rotatable bonds is 24. The van der Waals surface area contributed by atoms with Gasteiger partial charge in [-0.3, -0.25) is 0 Å². The monoisotopic (exact) mass is 939 g/mol. The van der Waals surface area contributed by atoms with E-state index in [0.717, 1.165) is 56.4 Å². The van der Waals surface area contributed by atoms with Crippen molar-refractivity contribution >= 4 is 25.0 Å². The molecule has 0 fully saturated rings. The van der Waals surface area contributed by atoms with Crippen molar-refractivity contribution in [1.29, 1.82) is 0 Å². The number of ether oxygens (including phenoxy) is 4. The molecule has 0 N–H and O–H groups in total. The summed E-state index contributed by atoms with van der Waals surface area (Å²) in [5, 5.41) is 0.298. The second-order valence-corrected chi connectivity index (χ2v) is 37.8. The highest BCUT2D eigenvalue weighted by Gasteiger charge is 2.42. The van der Waals surface area contributed by atoms with Gasteiger partial charge in [0.05, 0.1) is 56.9 Å². The second kappa shape index (κ2) is 24.4. The van der Waals surface area contributed by atoms with Gasteiger partial charge in [-0.2, -0.15) is 0 Å². The molecule has 3 rings (SSSR count). The van der Waals surface area contributed by atoms with Gasteiger partial charge >= 0.3 is 0 Å². The Morgan fingerprint density at radius 3 is 2.08 bits per heavy atom. The van der Waals surface area contributed by atoms with E-state index in [2.05, 4.69) is 177 Å². The van der Waals surface area contributed by atoms with E-state index in [0.29, 0.717) is 25.6 Å². The average molecular weight is 940 g/mol. The van der Waals surface area contributed by atoms with Gasteiger partial charge in [-0.25, -0.2) is 0 Å². The van der Waals surface area contributed by atoms with E-state index in [1.54, 1.807) is 7.11 Å². The summed E-state index contributed by atoms with van der Waals surface area (Å²) in [6.07, 6.45) is 21.6. The van der Waals surface area contributed by atoms with Crippen molar-refractivity contribution in [3.05, 3.63) is 90.1 Å². The summed E-state index contributed by atoms with van der Waals surface area (Å²) >= 11 is 0. The molecule has 364 valence electrons. The molecule has 2 aliphatic heterocycles. The fourth-order valence-corrected chi connectivity index (χ4v) is 10.9. The molecule has 1 aromatic rings. The maximum absolute atomic E-state index is 7.26. The SMILES string of the molecule is C=C(CC(C=CC[C@H](OCc1ccc(OC)cc1)C(C=C[C@@H]1CC(C)=CCO1)O[Si](C)(C)C(C)(C)C)O[Si](C)(C)C(C)(C)C)C[C@H](C)C[C@@H]1CC=C[C@@H](CCO[Si](C)(C)C(C)(C)C)O1. The highest BCUT2D eigenvalue weighted by molar-refractivity contribution is 6.75. The Kier molecular flexibility index (Phi) is 21.5. The Morgan fingerprint density at radius 2 is 1.48 bits per heavy atom. The normalized spacial score (nSPS) is 21.5. The first-order chi connectivity index (χ1) is 29.5. The molecule has 0 saturated carbocycles. The smallest absolute Gasteiger partial charge is 0.193 e. The number of hydrogen-bond acceptors (Lipinski definition) is 7. The van der Waals surface area contributed by atoms with E-state index in [-0.39, 0.29) is 51.7 Å².